The highest BCUT2D eigenvalue weighted by atomic mass is 16.5. The van der Waals surface area contributed by atoms with Crippen LogP contribution in [0.5, 0.6) is 0 Å². The zero-order valence-electron chi connectivity index (χ0n) is 14.2. The van der Waals surface area contributed by atoms with E-state index in [0.717, 1.165) is 39.1 Å². The lowest BCUT2D eigenvalue weighted by Gasteiger charge is -2.37. The van der Waals surface area contributed by atoms with E-state index in [0.29, 0.717) is 19.2 Å². The van der Waals surface area contributed by atoms with E-state index >= 15 is 0 Å². The number of carbonyl (C=O) groups excluding carboxylic acids is 1. The molecule has 0 aliphatic carbocycles. The van der Waals surface area contributed by atoms with E-state index in [-0.39, 0.29) is 12.0 Å². The van der Waals surface area contributed by atoms with Crippen LogP contribution in [0.25, 0.3) is 0 Å². The molecule has 1 amide bonds. The van der Waals surface area contributed by atoms with Crippen LogP contribution < -0.4 is 5.32 Å². The van der Waals surface area contributed by atoms with Crippen molar-refractivity contribution in [3.8, 4) is 0 Å². The number of hydrogen-bond donors (Lipinski definition) is 1. The first-order chi connectivity index (χ1) is 10.6. The van der Waals surface area contributed by atoms with E-state index in [2.05, 4.69) is 29.2 Å². The average molecular weight is 313 g/mol. The summed E-state index contributed by atoms with van der Waals surface area (Å²) in [6, 6.07) is 0.372. The Morgan fingerprint density at radius 1 is 1.36 bits per heavy atom. The molecule has 2 heterocycles. The molecule has 2 fully saturated rings. The molecule has 0 saturated carbocycles. The van der Waals surface area contributed by atoms with Crippen molar-refractivity contribution in [3.63, 3.8) is 0 Å². The van der Waals surface area contributed by atoms with Crippen molar-refractivity contribution in [1.29, 1.82) is 0 Å². The van der Waals surface area contributed by atoms with Gasteiger partial charge in [0.2, 0.25) is 5.91 Å². The quantitative estimate of drug-likeness (QED) is 0.765. The summed E-state index contributed by atoms with van der Waals surface area (Å²) in [5, 5.41) is 3.02. The van der Waals surface area contributed by atoms with Gasteiger partial charge in [0.15, 0.2) is 0 Å². The molecule has 6 nitrogen and oxygen atoms in total. The summed E-state index contributed by atoms with van der Waals surface area (Å²) >= 11 is 0. The third-order valence-electron chi connectivity index (χ3n) is 4.67. The number of piperazine rings is 1. The third kappa shape index (κ3) is 5.50. The minimum atomic E-state index is -0.419. The molecule has 2 aliphatic rings. The highest BCUT2D eigenvalue weighted by Gasteiger charge is 2.24. The lowest BCUT2D eigenvalue weighted by molar-refractivity contribution is -0.135. The molecule has 0 aromatic heterocycles. The van der Waals surface area contributed by atoms with E-state index in [1.807, 2.05) is 6.92 Å². The van der Waals surface area contributed by atoms with Crippen molar-refractivity contribution in [2.24, 2.45) is 0 Å². The van der Waals surface area contributed by atoms with Gasteiger partial charge in [-0.15, -0.1) is 0 Å². The molecular weight excluding hydrogens is 282 g/mol. The largest absolute Gasteiger partial charge is 0.376 e. The fourth-order valence-electron chi connectivity index (χ4n) is 2.95. The van der Waals surface area contributed by atoms with Gasteiger partial charge in [-0.05, 0) is 40.3 Å². The van der Waals surface area contributed by atoms with Gasteiger partial charge in [0.05, 0.1) is 12.7 Å². The number of amides is 1. The molecule has 128 valence electrons. The van der Waals surface area contributed by atoms with Crippen LogP contribution in [0.3, 0.4) is 0 Å². The van der Waals surface area contributed by atoms with E-state index in [1.54, 1.807) is 0 Å². The number of carbonyl (C=O) groups is 1. The Hall–Kier alpha value is -0.690. The first kappa shape index (κ1) is 17.7. The molecule has 22 heavy (non-hydrogen) atoms. The van der Waals surface area contributed by atoms with Gasteiger partial charge in [-0.2, -0.15) is 0 Å². The van der Waals surface area contributed by atoms with Crippen LogP contribution in [0.1, 0.15) is 26.2 Å². The number of ether oxygens (including phenoxy) is 2. The fourth-order valence-corrected chi connectivity index (χ4v) is 2.95. The maximum Gasteiger partial charge on any atom is 0.248 e. The minimum absolute atomic E-state index is 0.0302. The number of nitrogens with one attached hydrogen (secondary N) is 1. The summed E-state index contributed by atoms with van der Waals surface area (Å²) in [7, 11) is 4.24. The summed E-state index contributed by atoms with van der Waals surface area (Å²) in [4.78, 5) is 16.7. The predicted molar refractivity (Wildman–Crippen MR) is 85.9 cm³/mol. The van der Waals surface area contributed by atoms with Crippen LogP contribution in [0.15, 0.2) is 0 Å². The SMILES string of the molecule is C[C@H](OC[C@@H]1CCCCO1)C(=O)NC[C@H]1CN(C)CCN1C. The molecule has 0 unspecified atom stereocenters. The zero-order valence-corrected chi connectivity index (χ0v) is 14.2. The van der Waals surface area contributed by atoms with E-state index in [4.69, 9.17) is 9.47 Å². The molecule has 0 spiro atoms. The van der Waals surface area contributed by atoms with Gasteiger partial charge in [0.25, 0.3) is 0 Å². The van der Waals surface area contributed by atoms with Gasteiger partial charge < -0.3 is 19.7 Å². The van der Waals surface area contributed by atoms with Crippen LogP contribution in [-0.2, 0) is 14.3 Å². The molecule has 6 heteroatoms. The Balaban J connectivity index is 1.65. The second-order valence-electron chi connectivity index (χ2n) is 6.61. The van der Waals surface area contributed by atoms with Gasteiger partial charge in [0, 0.05) is 38.8 Å². The van der Waals surface area contributed by atoms with Crippen LogP contribution in [0, 0.1) is 0 Å². The van der Waals surface area contributed by atoms with E-state index in [9.17, 15) is 4.79 Å². The van der Waals surface area contributed by atoms with Crippen molar-refractivity contribution in [3.05, 3.63) is 0 Å². The van der Waals surface area contributed by atoms with Crippen LogP contribution in [0.2, 0.25) is 0 Å². The monoisotopic (exact) mass is 313 g/mol. The first-order valence-electron chi connectivity index (χ1n) is 8.46. The molecule has 0 aromatic carbocycles. The first-order valence-corrected chi connectivity index (χ1v) is 8.46. The molecule has 1 N–H and O–H groups in total. The third-order valence-corrected chi connectivity index (χ3v) is 4.67. The van der Waals surface area contributed by atoms with Crippen molar-refractivity contribution in [1.82, 2.24) is 15.1 Å². The van der Waals surface area contributed by atoms with Crippen molar-refractivity contribution in [2.75, 3.05) is 53.5 Å². The van der Waals surface area contributed by atoms with Gasteiger partial charge in [-0.1, -0.05) is 0 Å². The Kier molecular flexibility index (Phi) is 7.08. The molecule has 0 radical (unpaired) electrons. The summed E-state index contributed by atoms with van der Waals surface area (Å²) in [5.41, 5.74) is 0. The Bertz CT molecular complexity index is 348. The molecular formula is C16H31N3O3. The number of likely N-dealkylation sites (N-methyl/N-ethyl adjacent to an activating group) is 2. The standard InChI is InChI=1S/C16H31N3O3/c1-13(22-12-15-6-4-5-9-21-15)16(20)17-10-14-11-18(2)7-8-19(14)3/h13-15H,4-12H2,1-3H3,(H,17,20)/t13-,14-,15-/m0/s1. The second-order valence-corrected chi connectivity index (χ2v) is 6.61. The topological polar surface area (TPSA) is 54.0 Å². The highest BCUT2D eigenvalue weighted by molar-refractivity contribution is 5.80. The molecule has 2 aliphatic heterocycles. The lowest BCUT2D eigenvalue weighted by atomic mass is 10.1. The van der Waals surface area contributed by atoms with Crippen molar-refractivity contribution >= 4 is 5.91 Å². The van der Waals surface area contributed by atoms with E-state index in [1.165, 1.54) is 6.42 Å². The highest BCUT2D eigenvalue weighted by Crippen LogP contribution is 2.13. The molecule has 2 saturated heterocycles. The Morgan fingerprint density at radius 3 is 2.91 bits per heavy atom. The predicted octanol–water partition coefficient (Wildman–Crippen LogP) is 0.323. The van der Waals surface area contributed by atoms with Crippen molar-refractivity contribution < 1.29 is 14.3 Å². The fraction of sp³-hybridized carbons (Fsp3) is 0.938. The van der Waals surface area contributed by atoms with Gasteiger partial charge in [-0.25, -0.2) is 0 Å². The second kappa shape index (κ2) is 8.82. The number of nitrogens with zero attached hydrogens (tertiary/aromatic N) is 2. The number of rotatable bonds is 6. The summed E-state index contributed by atoms with van der Waals surface area (Å²) < 4.78 is 11.3. The normalized spacial score (nSPS) is 29.2. The van der Waals surface area contributed by atoms with Gasteiger partial charge in [0.1, 0.15) is 6.10 Å². The Morgan fingerprint density at radius 2 is 2.18 bits per heavy atom. The van der Waals surface area contributed by atoms with Gasteiger partial charge in [-0.3, -0.25) is 9.69 Å². The van der Waals surface area contributed by atoms with Crippen LogP contribution in [-0.4, -0.2) is 87.4 Å². The zero-order chi connectivity index (χ0) is 15.9. The maximum atomic E-state index is 12.1. The lowest BCUT2D eigenvalue weighted by Crippen LogP contribution is -2.55. The Labute approximate surface area is 134 Å². The molecule has 3 atom stereocenters. The summed E-state index contributed by atoms with van der Waals surface area (Å²) in [5.74, 6) is -0.0302. The smallest absolute Gasteiger partial charge is 0.248 e. The number of hydrogen-bond acceptors (Lipinski definition) is 5. The van der Waals surface area contributed by atoms with Crippen LogP contribution in [0.4, 0.5) is 0 Å². The maximum absolute atomic E-state index is 12.1. The van der Waals surface area contributed by atoms with E-state index < -0.39 is 6.10 Å². The van der Waals surface area contributed by atoms with Crippen LogP contribution >= 0.6 is 0 Å². The molecule has 0 bridgehead atoms. The molecule has 2 rings (SSSR count). The van der Waals surface area contributed by atoms with Crippen molar-refractivity contribution in [2.45, 2.75) is 44.4 Å². The average Bonchev–Trinajstić information content (AvgIpc) is 2.54. The van der Waals surface area contributed by atoms with Gasteiger partial charge >= 0.3 is 0 Å². The summed E-state index contributed by atoms with van der Waals surface area (Å²) in [6.07, 6.45) is 3.10. The molecule has 0 aromatic rings. The minimum Gasteiger partial charge on any atom is -0.376 e. The summed E-state index contributed by atoms with van der Waals surface area (Å²) in [6.45, 7) is 6.94.